The zero-order valence-corrected chi connectivity index (χ0v) is 9.71. The molecule has 3 heteroatoms. The van der Waals surface area contributed by atoms with Crippen LogP contribution in [-0.2, 0) is 9.47 Å². The first kappa shape index (κ1) is 11.4. The highest BCUT2D eigenvalue weighted by Gasteiger charge is 2.22. The maximum absolute atomic E-state index is 5.91. The van der Waals surface area contributed by atoms with E-state index >= 15 is 0 Å². The van der Waals surface area contributed by atoms with Crippen molar-refractivity contribution < 1.29 is 9.47 Å². The molecule has 3 atom stereocenters. The lowest BCUT2D eigenvalue weighted by molar-refractivity contribution is -0.0144. The normalized spacial score (nSPS) is 37.0. The summed E-state index contributed by atoms with van der Waals surface area (Å²) in [6.07, 6.45) is 5.65. The molecule has 0 bridgehead atoms. The van der Waals surface area contributed by atoms with Gasteiger partial charge in [0.1, 0.15) is 0 Å². The highest BCUT2D eigenvalue weighted by molar-refractivity contribution is 4.75. The minimum absolute atomic E-state index is 0.417. The van der Waals surface area contributed by atoms with E-state index in [0.29, 0.717) is 18.1 Å². The van der Waals surface area contributed by atoms with Gasteiger partial charge in [-0.1, -0.05) is 6.92 Å². The summed E-state index contributed by atoms with van der Waals surface area (Å²) in [6, 6.07) is 0. The van der Waals surface area contributed by atoms with Crippen molar-refractivity contribution in [2.24, 2.45) is 5.92 Å². The summed E-state index contributed by atoms with van der Waals surface area (Å²) in [7, 11) is 0. The molecule has 2 aliphatic rings. The zero-order chi connectivity index (χ0) is 10.5. The maximum Gasteiger partial charge on any atom is 0.0725 e. The molecule has 0 radical (unpaired) electrons. The molecule has 0 amide bonds. The summed E-state index contributed by atoms with van der Waals surface area (Å²) < 4.78 is 11.5. The van der Waals surface area contributed by atoms with Crippen molar-refractivity contribution in [3.8, 4) is 0 Å². The zero-order valence-electron chi connectivity index (χ0n) is 9.71. The van der Waals surface area contributed by atoms with Gasteiger partial charge in [-0.3, -0.25) is 0 Å². The van der Waals surface area contributed by atoms with Crippen LogP contribution in [0.2, 0.25) is 0 Å². The van der Waals surface area contributed by atoms with Gasteiger partial charge in [-0.15, -0.1) is 0 Å². The highest BCUT2D eigenvalue weighted by atomic mass is 16.5. The molecule has 2 heterocycles. The van der Waals surface area contributed by atoms with Crippen LogP contribution in [0, 0.1) is 5.92 Å². The van der Waals surface area contributed by atoms with Crippen LogP contribution in [0.25, 0.3) is 0 Å². The Hall–Kier alpha value is -0.120. The average molecular weight is 213 g/mol. The minimum atomic E-state index is 0.417. The number of nitrogens with one attached hydrogen (secondary N) is 1. The predicted molar refractivity (Wildman–Crippen MR) is 60.0 cm³/mol. The van der Waals surface area contributed by atoms with Crippen LogP contribution in [0.15, 0.2) is 0 Å². The van der Waals surface area contributed by atoms with E-state index in [2.05, 4.69) is 12.2 Å². The standard InChI is InChI=1S/C12H23NO2/c1-10-4-6-13-9-12(10)15-8-5-11-3-2-7-14-11/h10-13H,2-9H2,1H3. The average Bonchev–Trinajstić information content (AvgIpc) is 2.74. The van der Waals surface area contributed by atoms with E-state index in [0.717, 1.165) is 32.7 Å². The smallest absolute Gasteiger partial charge is 0.0725 e. The van der Waals surface area contributed by atoms with Gasteiger partial charge in [-0.05, 0) is 38.1 Å². The lowest BCUT2D eigenvalue weighted by Crippen LogP contribution is -2.41. The van der Waals surface area contributed by atoms with Crippen molar-refractivity contribution in [3.63, 3.8) is 0 Å². The first-order chi connectivity index (χ1) is 7.36. The molecule has 0 aromatic carbocycles. The molecule has 3 unspecified atom stereocenters. The first-order valence-corrected chi connectivity index (χ1v) is 6.30. The quantitative estimate of drug-likeness (QED) is 0.769. The fraction of sp³-hybridized carbons (Fsp3) is 1.00. The van der Waals surface area contributed by atoms with Gasteiger partial charge in [0, 0.05) is 19.8 Å². The molecule has 2 saturated heterocycles. The molecule has 2 aliphatic heterocycles. The molecule has 1 N–H and O–H groups in total. The van der Waals surface area contributed by atoms with E-state index in [4.69, 9.17) is 9.47 Å². The Morgan fingerprint density at radius 1 is 1.40 bits per heavy atom. The molecule has 2 rings (SSSR count). The Balaban J connectivity index is 1.59. The van der Waals surface area contributed by atoms with E-state index < -0.39 is 0 Å². The van der Waals surface area contributed by atoms with E-state index in [1.807, 2.05) is 0 Å². The Kier molecular flexibility index (Phi) is 4.42. The summed E-state index contributed by atoms with van der Waals surface area (Å²) in [4.78, 5) is 0. The van der Waals surface area contributed by atoms with E-state index in [1.54, 1.807) is 0 Å². The Labute approximate surface area is 92.5 Å². The fourth-order valence-electron chi connectivity index (χ4n) is 2.41. The topological polar surface area (TPSA) is 30.5 Å². The third kappa shape index (κ3) is 3.44. The van der Waals surface area contributed by atoms with Gasteiger partial charge in [0.2, 0.25) is 0 Å². The minimum Gasteiger partial charge on any atom is -0.378 e. The van der Waals surface area contributed by atoms with Crippen molar-refractivity contribution >= 4 is 0 Å². The maximum atomic E-state index is 5.91. The summed E-state index contributed by atoms with van der Waals surface area (Å²) in [5.41, 5.74) is 0. The summed E-state index contributed by atoms with van der Waals surface area (Å²) in [5.74, 6) is 0.704. The second-order valence-corrected chi connectivity index (χ2v) is 4.80. The number of ether oxygens (including phenoxy) is 2. The second-order valence-electron chi connectivity index (χ2n) is 4.80. The van der Waals surface area contributed by atoms with Gasteiger partial charge in [0.05, 0.1) is 12.2 Å². The molecular formula is C12H23NO2. The first-order valence-electron chi connectivity index (χ1n) is 6.30. The molecule has 0 saturated carbocycles. The van der Waals surface area contributed by atoms with Crippen LogP contribution in [0.4, 0.5) is 0 Å². The van der Waals surface area contributed by atoms with Crippen molar-refractivity contribution in [1.29, 1.82) is 0 Å². The second kappa shape index (κ2) is 5.83. The lowest BCUT2D eigenvalue weighted by atomic mass is 9.97. The van der Waals surface area contributed by atoms with Crippen molar-refractivity contribution in [1.82, 2.24) is 5.32 Å². The van der Waals surface area contributed by atoms with Crippen molar-refractivity contribution in [3.05, 3.63) is 0 Å². The number of rotatable bonds is 4. The van der Waals surface area contributed by atoms with E-state index in [9.17, 15) is 0 Å². The van der Waals surface area contributed by atoms with Crippen LogP contribution in [0.1, 0.15) is 32.6 Å². The third-order valence-corrected chi connectivity index (χ3v) is 3.55. The monoisotopic (exact) mass is 213 g/mol. The van der Waals surface area contributed by atoms with Crippen LogP contribution in [-0.4, -0.2) is 38.5 Å². The Bertz CT molecular complexity index is 180. The van der Waals surface area contributed by atoms with Gasteiger partial charge in [0.25, 0.3) is 0 Å². The van der Waals surface area contributed by atoms with Crippen LogP contribution < -0.4 is 5.32 Å². The van der Waals surface area contributed by atoms with Crippen LogP contribution in [0.5, 0.6) is 0 Å². The van der Waals surface area contributed by atoms with Gasteiger partial charge >= 0.3 is 0 Å². The van der Waals surface area contributed by atoms with Gasteiger partial charge in [-0.25, -0.2) is 0 Å². The molecule has 0 aromatic heterocycles. The van der Waals surface area contributed by atoms with Crippen LogP contribution >= 0.6 is 0 Å². The summed E-state index contributed by atoms with van der Waals surface area (Å²) in [5, 5.41) is 3.39. The Morgan fingerprint density at radius 2 is 2.33 bits per heavy atom. The molecular weight excluding hydrogens is 190 g/mol. The van der Waals surface area contributed by atoms with Crippen molar-refractivity contribution in [2.75, 3.05) is 26.3 Å². The highest BCUT2D eigenvalue weighted by Crippen LogP contribution is 2.18. The molecule has 15 heavy (non-hydrogen) atoms. The number of piperidine rings is 1. The van der Waals surface area contributed by atoms with Gasteiger partial charge in [0.15, 0.2) is 0 Å². The third-order valence-electron chi connectivity index (χ3n) is 3.55. The van der Waals surface area contributed by atoms with Gasteiger partial charge < -0.3 is 14.8 Å². The molecule has 2 fully saturated rings. The van der Waals surface area contributed by atoms with Gasteiger partial charge in [-0.2, -0.15) is 0 Å². The van der Waals surface area contributed by atoms with E-state index in [1.165, 1.54) is 19.3 Å². The molecule has 0 aliphatic carbocycles. The van der Waals surface area contributed by atoms with Crippen molar-refractivity contribution in [2.45, 2.75) is 44.8 Å². The molecule has 88 valence electrons. The SMILES string of the molecule is CC1CCNCC1OCCC1CCCO1. The fourth-order valence-corrected chi connectivity index (χ4v) is 2.41. The largest absolute Gasteiger partial charge is 0.378 e. The van der Waals surface area contributed by atoms with E-state index in [-0.39, 0.29) is 0 Å². The number of hydrogen-bond acceptors (Lipinski definition) is 3. The Morgan fingerprint density at radius 3 is 3.07 bits per heavy atom. The summed E-state index contributed by atoms with van der Waals surface area (Å²) >= 11 is 0. The van der Waals surface area contributed by atoms with Crippen LogP contribution in [0.3, 0.4) is 0 Å². The molecule has 0 spiro atoms. The molecule has 0 aromatic rings. The predicted octanol–water partition coefficient (Wildman–Crippen LogP) is 1.57. The summed E-state index contributed by atoms with van der Waals surface area (Å²) in [6.45, 7) is 6.27. The molecule has 3 nitrogen and oxygen atoms in total. The lowest BCUT2D eigenvalue weighted by Gasteiger charge is -2.29. The number of hydrogen-bond donors (Lipinski definition) is 1.